The van der Waals surface area contributed by atoms with E-state index in [4.69, 9.17) is 0 Å². The predicted molar refractivity (Wildman–Crippen MR) is 129 cm³/mol. The minimum atomic E-state index is -3.41. The first kappa shape index (κ1) is 25.8. The molecule has 10 heteroatoms. The van der Waals surface area contributed by atoms with E-state index in [0.29, 0.717) is 36.2 Å². The van der Waals surface area contributed by atoms with Gasteiger partial charge in [-0.05, 0) is 31.0 Å². The van der Waals surface area contributed by atoms with Gasteiger partial charge in [-0.1, -0.05) is 30.3 Å². The summed E-state index contributed by atoms with van der Waals surface area (Å²) in [6.45, 7) is 3.62. The van der Waals surface area contributed by atoms with Crippen LogP contribution in [0.4, 0.5) is 0 Å². The highest BCUT2D eigenvalue weighted by atomic mass is 127. The van der Waals surface area contributed by atoms with Crippen molar-refractivity contribution in [3.63, 3.8) is 0 Å². The summed E-state index contributed by atoms with van der Waals surface area (Å²) in [5.41, 5.74) is 0.888. The van der Waals surface area contributed by atoms with Crippen LogP contribution in [0.25, 0.3) is 0 Å². The second kappa shape index (κ2) is 12.5. The molecule has 1 heterocycles. The lowest BCUT2D eigenvalue weighted by atomic mass is 10.1. The molecule has 3 N–H and O–H groups in total. The highest BCUT2D eigenvalue weighted by molar-refractivity contribution is 14.0. The number of rotatable bonds is 9. The van der Waals surface area contributed by atoms with Crippen LogP contribution in [0.2, 0.25) is 0 Å². The van der Waals surface area contributed by atoms with Gasteiger partial charge in [0.15, 0.2) is 5.96 Å². The van der Waals surface area contributed by atoms with Gasteiger partial charge in [0.1, 0.15) is 4.21 Å². The van der Waals surface area contributed by atoms with Gasteiger partial charge in [0, 0.05) is 32.1 Å². The van der Waals surface area contributed by atoms with E-state index in [1.54, 1.807) is 12.1 Å². The number of nitrogens with zero attached hydrogens (tertiary/aromatic N) is 2. The van der Waals surface area contributed by atoms with Gasteiger partial charge in [-0.3, -0.25) is 0 Å². The average Bonchev–Trinajstić information content (AvgIpc) is 3.16. The average molecular weight is 553 g/mol. The largest absolute Gasteiger partial charge is 0.388 e. The Bertz CT molecular complexity index is 871. The molecule has 0 aliphatic heterocycles. The lowest BCUT2D eigenvalue weighted by molar-refractivity contribution is 0.168. The molecule has 0 fully saturated rings. The quantitative estimate of drug-likeness (QED) is 0.253. The molecule has 1 aromatic carbocycles. The van der Waals surface area contributed by atoms with Gasteiger partial charge in [-0.15, -0.1) is 35.3 Å². The van der Waals surface area contributed by atoms with Gasteiger partial charge < -0.3 is 15.7 Å². The van der Waals surface area contributed by atoms with Crippen LogP contribution in [-0.2, 0) is 16.6 Å². The van der Waals surface area contributed by atoms with Crippen molar-refractivity contribution in [3.05, 3.63) is 52.9 Å². The lowest BCUT2D eigenvalue weighted by Gasteiger charge is -2.14. The monoisotopic (exact) mass is 552 g/mol. The molecule has 7 nitrogen and oxygen atoms in total. The van der Waals surface area contributed by atoms with Crippen molar-refractivity contribution in [2.75, 3.05) is 27.2 Å². The highest BCUT2D eigenvalue weighted by Gasteiger charge is 2.19. The first-order valence-corrected chi connectivity index (χ1v) is 11.4. The normalized spacial score (nSPS) is 13.1. The van der Waals surface area contributed by atoms with Gasteiger partial charge >= 0.3 is 0 Å². The SMILES string of the molecule is CCNC(=NCc1ccc(S(=O)(=O)N(C)C)s1)NCCC(O)c1ccccc1.I. The first-order valence-electron chi connectivity index (χ1n) is 9.11. The molecule has 0 bridgehead atoms. The van der Waals surface area contributed by atoms with Crippen LogP contribution in [0.5, 0.6) is 0 Å². The van der Waals surface area contributed by atoms with Crippen LogP contribution in [0.3, 0.4) is 0 Å². The van der Waals surface area contributed by atoms with Crippen molar-refractivity contribution in [3.8, 4) is 0 Å². The molecular weight excluding hydrogens is 523 g/mol. The van der Waals surface area contributed by atoms with E-state index >= 15 is 0 Å². The Morgan fingerprint density at radius 1 is 1.17 bits per heavy atom. The summed E-state index contributed by atoms with van der Waals surface area (Å²) in [5, 5.41) is 16.6. The lowest BCUT2D eigenvalue weighted by Crippen LogP contribution is -2.38. The standard InChI is InChI=1S/C19H28N4O3S2.HI/c1-4-20-19(21-13-12-17(24)15-8-6-5-7-9-15)22-14-16-10-11-18(27-16)28(25,26)23(2)3;/h5-11,17,24H,4,12-14H2,1-3H3,(H2,20,21,22);1H. The number of hydrogen-bond donors (Lipinski definition) is 3. The van der Waals surface area contributed by atoms with Gasteiger partial charge in [0.05, 0.1) is 12.6 Å². The predicted octanol–water partition coefficient (Wildman–Crippen LogP) is 2.80. The van der Waals surface area contributed by atoms with Crippen LogP contribution in [0.15, 0.2) is 51.7 Å². The third-order valence-electron chi connectivity index (χ3n) is 4.00. The van der Waals surface area contributed by atoms with Crippen molar-refractivity contribution in [1.29, 1.82) is 0 Å². The molecule has 2 aromatic rings. The van der Waals surface area contributed by atoms with Crippen LogP contribution in [0, 0.1) is 0 Å². The van der Waals surface area contributed by atoms with Crippen molar-refractivity contribution in [2.45, 2.75) is 30.2 Å². The zero-order chi connectivity index (χ0) is 20.6. The highest BCUT2D eigenvalue weighted by Crippen LogP contribution is 2.24. The van der Waals surface area contributed by atoms with Gasteiger partial charge in [0.2, 0.25) is 0 Å². The third-order valence-corrected chi connectivity index (χ3v) is 7.36. The van der Waals surface area contributed by atoms with Crippen molar-refractivity contribution in [2.24, 2.45) is 4.99 Å². The Kier molecular flexibility index (Phi) is 11.1. The fourth-order valence-electron chi connectivity index (χ4n) is 2.43. The second-order valence-corrected chi connectivity index (χ2v) is 9.89. The van der Waals surface area contributed by atoms with E-state index in [1.807, 2.05) is 37.3 Å². The first-order chi connectivity index (χ1) is 13.3. The smallest absolute Gasteiger partial charge is 0.252 e. The number of aliphatic imine (C=N–C) groups is 1. The zero-order valence-electron chi connectivity index (χ0n) is 16.8. The molecule has 0 amide bonds. The maximum absolute atomic E-state index is 12.2. The number of thiophene rings is 1. The molecule has 29 heavy (non-hydrogen) atoms. The number of benzene rings is 1. The topological polar surface area (TPSA) is 94.0 Å². The van der Waals surface area contributed by atoms with E-state index in [0.717, 1.165) is 10.4 Å². The van der Waals surface area contributed by atoms with E-state index < -0.39 is 16.1 Å². The number of aliphatic hydroxyl groups is 1. The summed E-state index contributed by atoms with van der Waals surface area (Å²) in [6, 6.07) is 12.9. The van der Waals surface area contributed by atoms with E-state index in [-0.39, 0.29) is 24.0 Å². The van der Waals surface area contributed by atoms with E-state index in [1.165, 1.54) is 29.7 Å². The van der Waals surface area contributed by atoms with Gasteiger partial charge in [-0.2, -0.15) is 0 Å². The van der Waals surface area contributed by atoms with Gasteiger partial charge in [0.25, 0.3) is 10.0 Å². The summed E-state index contributed by atoms with van der Waals surface area (Å²) >= 11 is 1.22. The Hall–Kier alpha value is -1.21. The number of aliphatic hydroxyl groups excluding tert-OH is 1. The Morgan fingerprint density at radius 3 is 2.48 bits per heavy atom. The van der Waals surface area contributed by atoms with Crippen molar-refractivity contribution in [1.82, 2.24) is 14.9 Å². The van der Waals surface area contributed by atoms with Crippen LogP contribution in [0.1, 0.15) is 29.9 Å². The molecule has 162 valence electrons. The number of nitrogens with one attached hydrogen (secondary N) is 2. The van der Waals surface area contributed by atoms with Crippen LogP contribution >= 0.6 is 35.3 Å². The summed E-state index contributed by atoms with van der Waals surface area (Å²) in [4.78, 5) is 5.37. The van der Waals surface area contributed by atoms with E-state index in [2.05, 4.69) is 15.6 Å². The Labute approximate surface area is 194 Å². The zero-order valence-corrected chi connectivity index (χ0v) is 20.8. The maximum Gasteiger partial charge on any atom is 0.252 e. The van der Waals surface area contributed by atoms with Crippen molar-refractivity contribution >= 4 is 51.3 Å². The Morgan fingerprint density at radius 2 is 1.86 bits per heavy atom. The number of guanidine groups is 1. The number of sulfonamides is 1. The summed E-state index contributed by atoms with van der Waals surface area (Å²) in [5.74, 6) is 0.633. The molecule has 0 saturated heterocycles. The minimum Gasteiger partial charge on any atom is -0.388 e. The maximum atomic E-state index is 12.2. The summed E-state index contributed by atoms with van der Waals surface area (Å²) in [6.07, 6.45) is 0.0197. The molecule has 1 aromatic heterocycles. The molecule has 1 atom stereocenters. The number of halogens is 1. The van der Waals surface area contributed by atoms with E-state index in [9.17, 15) is 13.5 Å². The molecule has 2 rings (SSSR count). The summed E-state index contributed by atoms with van der Waals surface area (Å²) < 4.78 is 25.8. The summed E-state index contributed by atoms with van der Waals surface area (Å²) in [7, 11) is -0.375. The fraction of sp³-hybridized carbons (Fsp3) is 0.421. The number of hydrogen-bond acceptors (Lipinski definition) is 5. The van der Waals surface area contributed by atoms with Crippen molar-refractivity contribution < 1.29 is 13.5 Å². The Balaban J connectivity index is 0.00000420. The van der Waals surface area contributed by atoms with Crippen LogP contribution < -0.4 is 10.6 Å². The minimum absolute atomic E-state index is 0. The second-order valence-electron chi connectivity index (χ2n) is 6.35. The molecular formula is C19H29IN4O3S2. The molecule has 1 unspecified atom stereocenters. The van der Waals surface area contributed by atoms with Crippen LogP contribution in [-0.4, -0.2) is 51.0 Å². The van der Waals surface area contributed by atoms with Gasteiger partial charge in [-0.25, -0.2) is 17.7 Å². The molecule has 0 spiro atoms. The molecule has 0 saturated carbocycles. The fourth-order valence-corrected chi connectivity index (χ4v) is 4.88. The molecule has 0 aliphatic rings. The molecule has 0 radical (unpaired) electrons. The third kappa shape index (κ3) is 7.85. The molecule has 0 aliphatic carbocycles.